The van der Waals surface area contributed by atoms with Gasteiger partial charge in [0.05, 0.1) is 6.54 Å². The number of guanidine groups is 1. The molecule has 1 aliphatic carbocycles. The highest BCUT2D eigenvalue weighted by Crippen LogP contribution is 2.28. The van der Waals surface area contributed by atoms with Gasteiger partial charge in [-0.3, -0.25) is 4.99 Å². The predicted octanol–water partition coefficient (Wildman–Crippen LogP) is 1.68. The van der Waals surface area contributed by atoms with Gasteiger partial charge in [-0.05, 0) is 52.6 Å². The topological polar surface area (TPSA) is 48.9 Å². The summed E-state index contributed by atoms with van der Waals surface area (Å²) in [7, 11) is 4.32. The quantitative estimate of drug-likeness (QED) is 0.398. The monoisotopic (exact) mass is 410 g/mol. The van der Waals surface area contributed by atoms with E-state index >= 15 is 0 Å². The molecule has 1 saturated heterocycles. The third-order valence-electron chi connectivity index (χ3n) is 4.50. The summed E-state index contributed by atoms with van der Waals surface area (Å²) in [4.78, 5) is 7.15. The van der Waals surface area contributed by atoms with Crippen molar-refractivity contribution in [1.82, 2.24) is 15.5 Å². The average Bonchev–Trinajstić information content (AvgIpc) is 3.27. The molecule has 0 radical (unpaired) electrons. The van der Waals surface area contributed by atoms with Crippen molar-refractivity contribution < 1.29 is 4.74 Å². The molecule has 2 N–H and O–H groups in total. The number of rotatable bonds is 6. The van der Waals surface area contributed by atoms with Gasteiger partial charge in [0.2, 0.25) is 0 Å². The lowest BCUT2D eigenvalue weighted by atomic mass is 9.89. The molecular formula is C15H31IN4O. The Morgan fingerprint density at radius 1 is 1.24 bits per heavy atom. The molecule has 1 saturated carbocycles. The number of ether oxygens (including phenoxy) is 1. The van der Waals surface area contributed by atoms with E-state index in [2.05, 4.69) is 36.6 Å². The standard InChI is InChI=1S/C15H30N4O.HI/c1-4-16-14(17-11-13-5-6-13)18-12-15(19(2)3)7-9-20-10-8-15;/h13H,4-12H2,1-3H3,(H2,16,17,18);1H. The van der Waals surface area contributed by atoms with E-state index in [1.807, 2.05) is 0 Å². The van der Waals surface area contributed by atoms with Crippen molar-refractivity contribution in [2.75, 3.05) is 46.9 Å². The van der Waals surface area contributed by atoms with Crippen LogP contribution in [0.15, 0.2) is 4.99 Å². The van der Waals surface area contributed by atoms with E-state index in [1.165, 1.54) is 12.8 Å². The molecule has 0 aromatic heterocycles. The van der Waals surface area contributed by atoms with Crippen molar-refractivity contribution >= 4 is 29.9 Å². The van der Waals surface area contributed by atoms with Gasteiger partial charge >= 0.3 is 0 Å². The Balaban J connectivity index is 0.00000220. The van der Waals surface area contributed by atoms with Gasteiger partial charge in [-0.1, -0.05) is 0 Å². The highest BCUT2D eigenvalue weighted by Gasteiger charge is 2.34. The molecule has 0 bridgehead atoms. The summed E-state index contributed by atoms with van der Waals surface area (Å²) in [5, 5.41) is 6.82. The first-order chi connectivity index (χ1) is 9.66. The fourth-order valence-corrected chi connectivity index (χ4v) is 2.63. The summed E-state index contributed by atoms with van der Waals surface area (Å²) in [6.45, 7) is 6.62. The van der Waals surface area contributed by atoms with Crippen LogP contribution in [0, 0.1) is 5.92 Å². The van der Waals surface area contributed by atoms with E-state index in [0.717, 1.165) is 57.6 Å². The molecule has 0 spiro atoms. The van der Waals surface area contributed by atoms with Gasteiger partial charge in [-0.25, -0.2) is 0 Å². The van der Waals surface area contributed by atoms with Gasteiger partial charge in [0.1, 0.15) is 0 Å². The minimum absolute atomic E-state index is 0. The third-order valence-corrected chi connectivity index (χ3v) is 4.50. The van der Waals surface area contributed by atoms with Crippen molar-refractivity contribution in [1.29, 1.82) is 0 Å². The highest BCUT2D eigenvalue weighted by atomic mass is 127. The Morgan fingerprint density at radius 2 is 1.90 bits per heavy atom. The Morgan fingerprint density at radius 3 is 2.43 bits per heavy atom. The second kappa shape index (κ2) is 9.15. The zero-order valence-corrected chi connectivity index (χ0v) is 16.0. The van der Waals surface area contributed by atoms with Crippen LogP contribution < -0.4 is 10.6 Å². The maximum absolute atomic E-state index is 5.51. The molecule has 6 heteroatoms. The van der Waals surface area contributed by atoms with E-state index in [9.17, 15) is 0 Å². The maximum atomic E-state index is 5.51. The van der Waals surface area contributed by atoms with E-state index < -0.39 is 0 Å². The van der Waals surface area contributed by atoms with Crippen LogP contribution in [0.1, 0.15) is 32.6 Å². The largest absolute Gasteiger partial charge is 0.381 e. The zero-order chi connectivity index (χ0) is 14.4. The molecule has 0 unspecified atom stereocenters. The van der Waals surface area contributed by atoms with Crippen molar-refractivity contribution in [3.8, 4) is 0 Å². The lowest BCUT2D eigenvalue weighted by molar-refractivity contribution is -0.00254. The Kier molecular flexibility index (Phi) is 8.26. The first kappa shape index (κ1) is 19.0. The number of hydrogen-bond acceptors (Lipinski definition) is 3. The number of nitrogens with zero attached hydrogens (tertiary/aromatic N) is 2. The lowest BCUT2D eigenvalue weighted by Crippen LogP contribution is -2.51. The van der Waals surface area contributed by atoms with Crippen LogP contribution in [0.3, 0.4) is 0 Å². The molecule has 2 fully saturated rings. The van der Waals surface area contributed by atoms with E-state index in [4.69, 9.17) is 9.73 Å². The molecular weight excluding hydrogens is 379 g/mol. The summed E-state index contributed by atoms with van der Waals surface area (Å²) in [5.74, 6) is 1.83. The number of nitrogens with one attached hydrogen (secondary N) is 2. The van der Waals surface area contributed by atoms with Crippen LogP contribution in [0.5, 0.6) is 0 Å². The predicted molar refractivity (Wildman–Crippen MR) is 98.6 cm³/mol. The fraction of sp³-hybridized carbons (Fsp3) is 0.933. The molecule has 0 amide bonds. The molecule has 0 aromatic carbocycles. The second-order valence-electron chi connectivity index (χ2n) is 6.25. The van der Waals surface area contributed by atoms with Crippen LogP contribution in [0.4, 0.5) is 0 Å². The lowest BCUT2D eigenvalue weighted by Gasteiger charge is -2.41. The Labute approximate surface area is 146 Å². The molecule has 1 heterocycles. The molecule has 21 heavy (non-hydrogen) atoms. The summed E-state index contributed by atoms with van der Waals surface area (Å²) in [5.41, 5.74) is 0.153. The van der Waals surface area contributed by atoms with E-state index in [0.29, 0.717) is 0 Å². The maximum Gasteiger partial charge on any atom is 0.191 e. The first-order valence-electron chi connectivity index (χ1n) is 7.93. The van der Waals surface area contributed by atoms with Gasteiger partial charge in [0.25, 0.3) is 0 Å². The molecule has 5 nitrogen and oxygen atoms in total. The summed E-state index contributed by atoms with van der Waals surface area (Å²) < 4.78 is 5.51. The van der Waals surface area contributed by atoms with Crippen molar-refractivity contribution in [3.05, 3.63) is 0 Å². The van der Waals surface area contributed by atoms with Crippen LogP contribution in [0.25, 0.3) is 0 Å². The normalized spacial score (nSPS) is 21.8. The van der Waals surface area contributed by atoms with Crippen LogP contribution in [-0.2, 0) is 4.74 Å². The van der Waals surface area contributed by atoms with Gasteiger partial charge < -0.3 is 20.3 Å². The number of likely N-dealkylation sites (N-methyl/N-ethyl adjacent to an activating group) is 1. The van der Waals surface area contributed by atoms with Gasteiger partial charge in [-0.2, -0.15) is 0 Å². The molecule has 124 valence electrons. The smallest absolute Gasteiger partial charge is 0.191 e. The van der Waals surface area contributed by atoms with Crippen molar-refractivity contribution in [2.45, 2.75) is 38.1 Å². The van der Waals surface area contributed by atoms with Crippen LogP contribution in [0.2, 0.25) is 0 Å². The fourth-order valence-electron chi connectivity index (χ4n) is 2.63. The minimum Gasteiger partial charge on any atom is -0.381 e. The van der Waals surface area contributed by atoms with Gasteiger partial charge in [-0.15, -0.1) is 24.0 Å². The second-order valence-corrected chi connectivity index (χ2v) is 6.25. The number of halogens is 1. The number of aliphatic imine (C=N–C) groups is 1. The molecule has 0 aromatic rings. The number of hydrogen-bond donors (Lipinski definition) is 2. The third kappa shape index (κ3) is 5.90. The summed E-state index contributed by atoms with van der Waals surface area (Å²) in [6, 6.07) is 0. The van der Waals surface area contributed by atoms with Gasteiger partial charge in [0, 0.05) is 31.8 Å². The Bertz CT molecular complexity index is 326. The van der Waals surface area contributed by atoms with Crippen molar-refractivity contribution in [2.24, 2.45) is 10.9 Å². The van der Waals surface area contributed by atoms with Gasteiger partial charge in [0.15, 0.2) is 5.96 Å². The molecule has 2 aliphatic rings. The molecule has 2 rings (SSSR count). The van der Waals surface area contributed by atoms with E-state index in [1.54, 1.807) is 0 Å². The molecule has 0 atom stereocenters. The van der Waals surface area contributed by atoms with Crippen LogP contribution >= 0.6 is 24.0 Å². The highest BCUT2D eigenvalue weighted by molar-refractivity contribution is 14.0. The van der Waals surface area contributed by atoms with Crippen LogP contribution in [-0.4, -0.2) is 63.3 Å². The average molecular weight is 410 g/mol. The van der Waals surface area contributed by atoms with E-state index in [-0.39, 0.29) is 29.5 Å². The minimum atomic E-state index is 0. The SMILES string of the molecule is CCNC(=NCC1(N(C)C)CCOCC1)NCC1CC1.I. The Hall–Kier alpha value is -0.0800. The zero-order valence-electron chi connectivity index (χ0n) is 13.7. The molecule has 1 aliphatic heterocycles. The first-order valence-corrected chi connectivity index (χ1v) is 7.93. The van der Waals surface area contributed by atoms with Crippen molar-refractivity contribution in [3.63, 3.8) is 0 Å². The summed E-state index contributed by atoms with van der Waals surface area (Å²) in [6.07, 6.45) is 4.85. The summed E-state index contributed by atoms with van der Waals surface area (Å²) >= 11 is 0.